The average molecular weight is 555 g/mol. The molecule has 1 aliphatic carbocycles. The van der Waals surface area contributed by atoms with Crippen LogP contribution in [-0.4, -0.2) is 32.8 Å². The first kappa shape index (κ1) is 28.4. The average Bonchev–Trinajstić information content (AvgIpc) is 2.89. The monoisotopic (exact) mass is 554 g/mol. The fourth-order valence-electron chi connectivity index (χ4n) is 4.90. The number of aromatic nitrogens is 3. The van der Waals surface area contributed by atoms with Gasteiger partial charge in [0, 0.05) is 11.1 Å². The summed E-state index contributed by atoms with van der Waals surface area (Å²) in [6.45, 7) is 8.15. The lowest BCUT2D eigenvalue weighted by molar-refractivity contribution is -0.149. The lowest BCUT2D eigenvalue weighted by atomic mass is 9.86. The lowest BCUT2D eigenvalue weighted by Crippen LogP contribution is -2.51. The zero-order valence-corrected chi connectivity index (χ0v) is 23.5. The summed E-state index contributed by atoms with van der Waals surface area (Å²) in [6, 6.07) is 12.3. The van der Waals surface area contributed by atoms with Crippen LogP contribution in [0.3, 0.4) is 0 Å². The van der Waals surface area contributed by atoms with E-state index in [1.54, 1.807) is 25.1 Å². The highest BCUT2D eigenvalue weighted by Crippen LogP contribution is 2.31. The number of benzene rings is 2. The highest BCUT2D eigenvalue weighted by Gasteiger charge is 2.30. The molecule has 0 aliphatic heterocycles. The van der Waals surface area contributed by atoms with E-state index in [1.165, 1.54) is 9.13 Å². The Hall–Kier alpha value is -3.59. The fourth-order valence-corrected chi connectivity index (χ4v) is 5.02. The van der Waals surface area contributed by atoms with E-state index in [2.05, 4.69) is 9.98 Å². The SMILES string of the molecule is CCOC(=O)[C@H]1CC[C@H](n2c(=O)[nH]/c(=N\c3ccc(OC(C)C)c(C)c3)n(Cc3ccc(Cl)cc3)c2=O)CC1. The quantitative estimate of drug-likeness (QED) is 0.407. The third-order valence-corrected chi connectivity index (χ3v) is 7.07. The van der Waals surface area contributed by atoms with Crippen molar-refractivity contribution in [1.82, 2.24) is 14.1 Å². The van der Waals surface area contributed by atoms with Crippen LogP contribution >= 0.6 is 11.6 Å². The number of rotatable bonds is 8. The van der Waals surface area contributed by atoms with Crippen LogP contribution in [0.5, 0.6) is 5.75 Å². The molecule has 0 bridgehead atoms. The molecule has 1 heterocycles. The number of carbonyl (C=O) groups excluding carboxylic acids is 1. The molecule has 0 spiro atoms. The molecule has 0 amide bonds. The minimum absolute atomic E-state index is 0.0318. The normalized spacial score (nSPS) is 17.8. The van der Waals surface area contributed by atoms with Gasteiger partial charge in [0.05, 0.1) is 30.9 Å². The van der Waals surface area contributed by atoms with E-state index >= 15 is 0 Å². The summed E-state index contributed by atoms with van der Waals surface area (Å²) in [7, 11) is 0. The van der Waals surface area contributed by atoms with Crippen LogP contribution in [0.1, 0.15) is 63.6 Å². The maximum Gasteiger partial charge on any atom is 0.335 e. The molecular weight excluding hydrogens is 520 g/mol. The van der Waals surface area contributed by atoms with Crippen molar-refractivity contribution in [3.05, 3.63) is 85.2 Å². The molecule has 1 aliphatic rings. The summed E-state index contributed by atoms with van der Waals surface area (Å²) in [5, 5.41) is 0.588. The molecule has 4 rings (SSSR count). The van der Waals surface area contributed by atoms with Gasteiger partial charge in [0.25, 0.3) is 0 Å². The van der Waals surface area contributed by atoms with Crippen molar-refractivity contribution in [1.29, 1.82) is 0 Å². The maximum absolute atomic E-state index is 13.8. The zero-order valence-electron chi connectivity index (χ0n) is 22.8. The van der Waals surface area contributed by atoms with Crippen LogP contribution in [-0.2, 0) is 16.1 Å². The number of halogens is 1. The number of hydrogen-bond donors (Lipinski definition) is 1. The number of nitrogens with one attached hydrogen (secondary N) is 1. The smallest absolute Gasteiger partial charge is 0.335 e. The van der Waals surface area contributed by atoms with Crippen LogP contribution < -0.4 is 21.7 Å². The first-order chi connectivity index (χ1) is 18.7. The highest BCUT2D eigenvalue weighted by molar-refractivity contribution is 6.30. The summed E-state index contributed by atoms with van der Waals surface area (Å²) in [5.74, 6) is 0.321. The predicted molar refractivity (Wildman–Crippen MR) is 150 cm³/mol. The Bertz CT molecular complexity index is 1500. The van der Waals surface area contributed by atoms with E-state index in [0.717, 1.165) is 16.9 Å². The van der Waals surface area contributed by atoms with Crippen LogP contribution in [0, 0.1) is 12.8 Å². The molecule has 39 heavy (non-hydrogen) atoms. The van der Waals surface area contributed by atoms with Gasteiger partial charge in [0.2, 0.25) is 5.62 Å². The number of aryl methyl sites for hydroxylation is 1. The molecule has 0 atom stereocenters. The van der Waals surface area contributed by atoms with Gasteiger partial charge in [-0.3, -0.25) is 14.3 Å². The number of esters is 1. The second-order valence-corrected chi connectivity index (χ2v) is 10.5. The number of H-pyrrole nitrogens is 1. The van der Waals surface area contributed by atoms with Crippen LogP contribution in [0.4, 0.5) is 5.69 Å². The predicted octanol–water partition coefficient (Wildman–Crippen LogP) is 4.66. The van der Waals surface area contributed by atoms with E-state index in [4.69, 9.17) is 21.1 Å². The molecule has 1 N–H and O–H groups in total. The van der Waals surface area contributed by atoms with Crippen molar-refractivity contribution in [2.45, 2.75) is 72.1 Å². The van der Waals surface area contributed by atoms with Gasteiger partial charge in [-0.2, -0.15) is 0 Å². The van der Waals surface area contributed by atoms with Crippen molar-refractivity contribution < 1.29 is 14.3 Å². The molecule has 0 radical (unpaired) electrons. The lowest BCUT2D eigenvalue weighted by Gasteiger charge is -2.28. The van der Waals surface area contributed by atoms with E-state index in [0.29, 0.717) is 43.0 Å². The Morgan fingerprint density at radius 1 is 1.10 bits per heavy atom. The molecule has 10 heteroatoms. The summed E-state index contributed by atoms with van der Waals surface area (Å²) in [6.07, 6.45) is 2.20. The number of carbonyl (C=O) groups is 1. The number of hydrogen-bond acceptors (Lipinski definition) is 6. The third kappa shape index (κ3) is 6.89. The molecule has 1 saturated carbocycles. The van der Waals surface area contributed by atoms with Gasteiger partial charge in [-0.25, -0.2) is 19.1 Å². The van der Waals surface area contributed by atoms with Crippen LogP contribution in [0.25, 0.3) is 0 Å². The van der Waals surface area contributed by atoms with Crippen molar-refractivity contribution in [2.75, 3.05) is 6.61 Å². The second-order valence-electron chi connectivity index (χ2n) is 10.1. The number of ether oxygens (including phenoxy) is 2. The maximum atomic E-state index is 13.8. The van der Waals surface area contributed by atoms with Crippen molar-refractivity contribution in [2.24, 2.45) is 10.9 Å². The fraction of sp³-hybridized carbons (Fsp3) is 0.448. The van der Waals surface area contributed by atoms with Crippen molar-refractivity contribution in [3.8, 4) is 5.75 Å². The Kier molecular flexibility index (Phi) is 9.12. The Balaban J connectivity index is 1.75. The van der Waals surface area contributed by atoms with Gasteiger partial charge in [-0.15, -0.1) is 0 Å². The van der Waals surface area contributed by atoms with Crippen LogP contribution in [0.15, 0.2) is 57.0 Å². The summed E-state index contributed by atoms with van der Waals surface area (Å²) in [5.41, 5.74) is 1.47. The topological polar surface area (TPSA) is 108 Å². The minimum atomic E-state index is -0.526. The highest BCUT2D eigenvalue weighted by atomic mass is 35.5. The van der Waals surface area contributed by atoms with Crippen molar-refractivity contribution >= 4 is 23.3 Å². The minimum Gasteiger partial charge on any atom is -0.491 e. The zero-order chi connectivity index (χ0) is 28.1. The van der Waals surface area contributed by atoms with Gasteiger partial charge in [-0.05, 0) is 94.8 Å². The first-order valence-electron chi connectivity index (χ1n) is 13.3. The molecule has 1 fully saturated rings. The van der Waals surface area contributed by atoms with Gasteiger partial charge in [0.15, 0.2) is 0 Å². The summed E-state index contributed by atoms with van der Waals surface area (Å²) in [4.78, 5) is 46.8. The van der Waals surface area contributed by atoms with Gasteiger partial charge >= 0.3 is 17.3 Å². The molecule has 208 valence electrons. The van der Waals surface area contributed by atoms with Gasteiger partial charge in [0.1, 0.15) is 5.75 Å². The number of nitrogens with zero attached hydrogens (tertiary/aromatic N) is 3. The molecule has 3 aromatic rings. The Morgan fingerprint density at radius 3 is 2.41 bits per heavy atom. The van der Waals surface area contributed by atoms with E-state index in [1.807, 2.05) is 45.0 Å². The van der Waals surface area contributed by atoms with Gasteiger partial charge < -0.3 is 9.47 Å². The van der Waals surface area contributed by atoms with Gasteiger partial charge in [-0.1, -0.05) is 23.7 Å². The van der Waals surface area contributed by atoms with E-state index in [9.17, 15) is 14.4 Å². The number of aromatic amines is 1. The molecule has 9 nitrogen and oxygen atoms in total. The molecular formula is C29H35ClN4O5. The molecule has 0 unspecified atom stereocenters. The first-order valence-corrected chi connectivity index (χ1v) is 13.7. The largest absolute Gasteiger partial charge is 0.491 e. The second kappa shape index (κ2) is 12.5. The Labute approximate surface area is 232 Å². The summed E-state index contributed by atoms with van der Waals surface area (Å²) >= 11 is 6.06. The summed E-state index contributed by atoms with van der Waals surface area (Å²) < 4.78 is 13.7. The molecule has 1 aromatic heterocycles. The Morgan fingerprint density at radius 2 is 1.79 bits per heavy atom. The van der Waals surface area contributed by atoms with Crippen molar-refractivity contribution in [3.63, 3.8) is 0 Å². The standard InChI is InChI=1S/C29H35ClN4O5/c1-5-38-26(35)21-8-13-24(14-9-21)34-28(36)32-27(31-23-12-15-25(19(4)16-23)39-18(2)3)33(29(34)37)17-20-6-10-22(30)11-7-20/h6-7,10-12,15-16,18,21,24H,5,8-9,13-14,17H2,1-4H3,(H,31,32,36)/t21-,24-. The van der Waals surface area contributed by atoms with E-state index in [-0.39, 0.29) is 36.2 Å². The third-order valence-electron chi connectivity index (χ3n) is 6.82. The molecule has 0 saturated heterocycles. The van der Waals surface area contributed by atoms with E-state index < -0.39 is 11.4 Å². The van der Waals surface area contributed by atoms with Crippen LogP contribution in [0.2, 0.25) is 5.02 Å². The molecule has 2 aromatic carbocycles.